The summed E-state index contributed by atoms with van der Waals surface area (Å²) in [6.45, 7) is 0.191. The van der Waals surface area contributed by atoms with Gasteiger partial charge in [-0.05, 0) is 41.0 Å². The zero-order valence-corrected chi connectivity index (χ0v) is 14.1. The molecule has 0 atom stereocenters. The molecule has 0 amide bonds. The summed E-state index contributed by atoms with van der Waals surface area (Å²) in [5.74, 6) is -2.09. The number of benzene rings is 2. The molecule has 25 heavy (non-hydrogen) atoms. The van der Waals surface area contributed by atoms with Gasteiger partial charge in [-0.2, -0.15) is 0 Å². The third-order valence-corrected chi connectivity index (χ3v) is 4.98. The lowest BCUT2D eigenvalue weighted by molar-refractivity contribution is -0.135. The van der Waals surface area contributed by atoms with Gasteiger partial charge in [0.05, 0.1) is 11.5 Å². The second-order valence-corrected chi connectivity index (χ2v) is 7.71. The highest BCUT2D eigenvalue weighted by Crippen LogP contribution is 2.33. The van der Waals surface area contributed by atoms with Crippen molar-refractivity contribution in [2.45, 2.75) is 11.3 Å². The van der Waals surface area contributed by atoms with Crippen LogP contribution >= 0.6 is 0 Å². The number of rotatable bonds is 3. The van der Waals surface area contributed by atoms with Crippen molar-refractivity contribution in [3.63, 3.8) is 0 Å². The monoisotopic (exact) mass is 364 g/mol. The van der Waals surface area contributed by atoms with E-state index < -0.39 is 27.4 Å². The number of sulfone groups is 1. The van der Waals surface area contributed by atoms with Crippen LogP contribution in [0, 0.1) is 11.6 Å². The van der Waals surface area contributed by atoms with E-state index in [1.807, 2.05) is 0 Å². The number of carbonyl (C=O) groups excluding carboxylic acids is 1. The molecule has 130 valence electrons. The lowest BCUT2D eigenvalue weighted by atomic mass is 9.92. The Morgan fingerprint density at radius 3 is 2.08 bits per heavy atom. The van der Waals surface area contributed by atoms with E-state index >= 15 is 0 Å². The van der Waals surface area contributed by atoms with Crippen LogP contribution in [-0.2, 0) is 19.4 Å². The van der Waals surface area contributed by atoms with Gasteiger partial charge < -0.3 is 4.74 Å². The van der Waals surface area contributed by atoms with Crippen LogP contribution in [0.25, 0.3) is 5.57 Å². The summed E-state index contributed by atoms with van der Waals surface area (Å²) in [7, 11) is -3.38. The molecule has 2 aromatic rings. The number of cyclic esters (lactones) is 1. The highest BCUT2D eigenvalue weighted by molar-refractivity contribution is 7.90. The van der Waals surface area contributed by atoms with E-state index in [-0.39, 0.29) is 17.1 Å². The molecular formula is C18H14F2O4S. The Kier molecular flexibility index (Phi) is 4.43. The first-order valence-corrected chi connectivity index (χ1v) is 9.32. The Hall–Kier alpha value is -2.54. The number of ether oxygens (including phenoxy) is 1. The summed E-state index contributed by atoms with van der Waals surface area (Å²) in [4.78, 5) is 12.1. The number of halogens is 2. The summed E-state index contributed by atoms with van der Waals surface area (Å²) in [6, 6.07) is 8.79. The first kappa shape index (κ1) is 17.3. The van der Waals surface area contributed by atoms with E-state index in [4.69, 9.17) is 4.74 Å². The van der Waals surface area contributed by atoms with Gasteiger partial charge in [-0.1, -0.05) is 12.1 Å². The summed E-state index contributed by atoms with van der Waals surface area (Å²) in [6.07, 6.45) is 1.39. The molecule has 1 aliphatic heterocycles. The molecule has 4 nitrogen and oxygen atoms in total. The van der Waals surface area contributed by atoms with Gasteiger partial charge in [-0.15, -0.1) is 0 Å². The van der Waals surface area contributed by atoms with Gasteiger partial charge >= 0.3 is 5.97 Å². The largest absolute Gasteiger partial charge is 0.462 e. The van der Waals surface area contributed by atoms with Crippen molar-refractivity contribution < 1.29 is 26.7 Å². The smallest absolute Gasteiger partial charge is 0.334 e. The minimum absolute atomic E-state index is 0.111. The maximum Gasteiger partial charge on any atom is 0.334 e. The molecular weight excluding hydrogens is 350 g/mol. The van der Waals surface area contributed by atoms with Gasteiger partial charge in [-0.25, -0.2) is 22.0 Å². The normalized spacial score (nSPS) is 16.7. The van der Waals surface area contributed by atoms with Crippen molar-refractivity contribution in [2.24, 2.45) is 0 Å². The molecule has 1 fully saturated rings. The summed E-state index contributed by atoms with van der Waals surface area (Å²) in [5, 5.41) is 0. The van der Waals surface area contributed by atoms with Crippen molar-refractivity contribution in [1.29, 1.82) is 0 Å². The van der Waals surface area contributed by atoms with Gasteiger partial charge in [-0.3, -0.25) is 0 Å². The van der Waals surface area contributed by atoms with Crippen LogP contribution in [0.1, 0.15) is 17.5 Å². The quantitative estimate of drug-likeness (QED) is 0.620. The van der Waals surface area contributed by atoms with Crippen LogP contribution in [0.4, 0.5) is 8.78 Å². The Morgan fingerprint density at radius 2 is 1.60 bits per heavy atom. The highest BCUT2D eigenvalue weighted by atomic mass is 32.2. The summed E-state index contributed by atoms with van der Waals surface area (Å²) < 4.78 is 55.4. The van der Waals surface area contributed by atoms with Crippen LogP contribution in [0.3, 0.4) is 0 Å². The molecule has 0 aromatic heterocycles. The van der Waals surface area contributed by atoms with Crippen LogP contribution < -0.4 is 0 Å². The molecule has 1 saturated heterocycles. The van der Waals surface area contributed by atoms with Crippen LogP contribution in [0.15, 0.2) is 52.9 Å². The number of esters is 1. The van der Waals surface area contributed by atoms with Gasteiger partial charge in [0.1, 0.15) is 11.6 Å². The second kappa shape index (κ2) is 6.40. The molecule has 0 unspecified atom stereocenters. The molecule has 7 heteroatoms. The van der Waals surface area contributed by atoms with Gasteiger partial charge in [0.2, 0.25) is 0 Å². The van der Waals surface area contributed by atoms with Crippen molar-refractivity contribution in [2.75, 3.05) is 12.9 Å². The third kappa shape index (κ3) is 3.61. The maximum absolute atomic E-state index is 13.7. The molecule has 1 aliphatic rings. The molecule has 0 saturated carbocycles. The van der Waals surface area contributed by atoms with E-state index in [1.54, 1.807) is 0 Å². The molecule has 0 spiro atoms. The van der Waals surface area contributed by atoms with E-state index in [9.17, 15) is 22.0 Å². The molecule has 0 bridgehead atoms. The van der Waals surface area contributed by atoms with Crippen LogP contribution in [0.5, 0.6) is 0 Å². The fraction of sp³-hybridized carbons (Fsp3) is 0.167. The van der Waals surface area contributed by atoms with Crippen LogP contribution in [0.2, 0.25) is 0 Å². The predicted octanol–water partition coefficient (Wildman–Crippen LogP) is 3.12. The van der Waals surface area contributed by atoms with Gasteiger partial charge in [0.25, 0.3) is 0 Å². The van der Waals surface area contributed by atoms with Gasteiger partial charge in [0.15, 0.2) is 9.84 Å². The van der Waals surface area contributed by atoms with E-state index in [1.165, 1.54) is 24.3 Å². The lowest BCUT2D eigenvalue weighted by Gasteiger charge is -2.12. The molecule has 0 aliphatic carbocycles. The Labute approximate surface area is 143 Å². The highest BCUT2D eigenvalue weighted by Gasteiger charge is 2.25. The number of hydrogen-bond donors (Lipinski definition) is 0. The maximum atomic E-state index is 13.7. The van der Waals surface area contributed by atoms with Gasteiger partial charge in [0, 0.05) is 24.3 Å². The zero-order valence-electron chi connectivity index (χ0n) is 13.3. The van der Waals surface area contributed by atoms with E-state index in [0.29, 0.717) is 23.1 Å². The lowest BCUT2D eigenvalue weighted by Crippen LogP contribution is -2.03. The summed E-state index contributed by atoms with van der Waals surface area (Å²) in [5.41, 5.74) is 1.31. The standard InChI is InChI=1S/C18H14F2O4S/c1-25(22,23)15-4-2-11(3-5-15)17(16-6-7-24-18(16)21)12-8-13(19)10-14(20)9-12/h2-5,8-10H,6-7H2,1H3/b17-16-. The SMILES string of the molecule is CS(=O)(=O)c1ccc(/C(=C2\CCOC2=O)c2cc(F)cc(F)c2)cc1. The average Bonchev–Trinajstić information content (AvgIpc) is 2.92. The van der Waals surface area contributed by atoms with Crippen molar-refractivity contribution in [3.8, 4) is 0 Å². The Bertz CT molecular complexity index is 956. The fourth-order valence-corrected chi connectivity index (χ4v) is 3.37. The summed E-state index contributed by atoms with van der Waals surface area (Å²) >= 11 is 0. The topological polar surface area (TPSA) is 60.4 Å². The third-order valence-electron chi connectivity index (χ3n) is 3.86. The first-order valence-electron chi connectivity index (χ1n) is 7.43. The molecule has 1 heterocycles. The average molecular weight is 364 g/mol. The number of carbonyl (C=O) groups is 1. The molecule has 0 radical (unpaired) electrons. The van der Waals surface area contributed by atoms with E-state index in [0.717, 1.165) is 24.5 Å². The van der Waals surface area contributed by atoms with E-state index in [2.05, 4.69) is 0 Å². The molecule has 3 rings (SSSR count). The number of hydrogen-bond acceptors (Lipinski definition) is 4. The second-order valence-electron chi connectivity index (χ2n) is 5.69. The fourth-order valence-electron chi connectivity index (χ4n) is 2.74. The zero-order chi connectivity index (χ0) is 18.2. The molecule has 0 N–H and O–H groups in total. The Balaban J connectivity index is 2.21. The first-order chi connectivity index (χ1) is 11.8. The van der Waals surface area contributed by atoms with Crippen molar-refractivity contribution >= 4 is 21.4 Å². The molecule has 2 aromatic carbocycles. The minimum atomic E-state index is -3.38. The van der Waals surface area contributed by atoms with Crippen molar-refractivity contribution in [3.05, 3.63) is 70.8 Å². The minimum Gasteiger partial charge on any atom is -0.462 e. The predicted molar refractivity (Wildman–Crippen MR) is 87.5 cm³/mol. The van der Waals surface area contributed by atoms with Crippen LogP contribution in [-0.4, -0.2) is 27.2 Å². The Morgan fingerprint density at radius 1 is 1.00 bits per heavy atom. The van der Waals surface area contributed by atoms with Crippen molar-refractivity contribution in [1.82, 2.24) is 0 Å².